The van der Waals surface area contributed by atoms with Gasteiger partial charge in [0.1, 0.15) is 0 Å². The molecule has 0 aliphatic heterocycles. The second-order valence-corrected chi connectivity index (χ2v) is 6.18. The van der Waals surface area contributed by atoms with Gasteiger partial charge in [-0.1, -0.05) is 40.5 Å². The largest absolute Gasteiger partial charge is 0.399 e. The van der Waals surface area contributed by atoms with Crippen LogP contribution < -0.4 is 5.73 Å². The number of ketones is 1. The third kappa shape index (κ3) is 2.50. The van der Waals surface area contributed by atoms with Gasteiger partial charge in [0, 0.05) is 21.3 Å². The Morgan fingerprint density at radius 2 is 1.95 bits per heavy atom. The number of hydrogen-bond donors (Lipinski definition) is 1. The van der Waals surface area contributed by atoms with Gasteiger partial charge in [0.25, 0.3) is 0 Å². The van der Waals surface area contributed by atoms with Crippen molar-refractivity contribution in [3.63, 3.8) is 0 Å². The SMILES string of the molecule is Nc1ccc(Br)c(C(=O)c2cccc(C3CCC3)c2)c1. The summed E-state index contributed by atoms with van der Waals surface area (Å²) in [7, 11) is 0. The molecule has 0 amide bonds. The minimum Gasteiger partial charge on any atom is -0.399 e. The molecule has 0 spiro atoms. The summed E-state index contributed by atoms with van der Waals surface area (Å²) in [5.74, 6) is 0.650. The molecule has 1 saturated carbocycles. The number of halogens is 1. The van der Waals surface area contributed by atoms with Gasteiger partial charge < -0.3 is 5.73 Å². The number of carbonyl (C=O) groups excluding carboxylic acids is 1. The van der Waals surface area contributed by atoms with Gasteiger partial charge in [0.05, 0.1) is 0 Å². The third-order valence-electron chi connectivity index (χ3n) is 3.96. The molecule has 2 aromatic rings. The van der Waals surface area contributed by atoms with E-state index in [9.17, 15) is 4.79 Å². The molecule has 0 unspecified atom stereocenters. The smallest absolute Gasteiger partial charge is 0.194 e. The van der Waals surface area contributed by atoms with E-state index in [1.807, 2.05) is 24.3 Å². The molecular weight excluding hydrogens is 314 g/mol. The molecular formula is C17H16BrNO. The lowest BCUT2D eigenvalue weighted by molar-refractivity contribution is 0.103. The van der Waals surface area contributed by atoms with Crippen LogP contribution >= 0.6 is 15.9 Å². The molecule has 0 atom stereocenters. The molecule has 0 aromatic heterocycles. The molecule has 0 bridgehead atoms. The Labute approximate surface area is 127 Å². The first kappa shape index (κ1) is 13.4. The highest BCUT2D eigenvalue weighted by Gasteiger charge is 2.21. The van der Waals surface area contributed by atoms with Gasteiger partial charge in [-0.05, 0) is 48.6 Å². The van der Waals surface area contributed by atoms with Gasteiger partial charge >= 0.3 is 0 Å². The molecule has 102 valence electrons. The highest BCUT2D eigenvalue weighted by Crippen LogP contribution is 2.36. The fraction of sp³-hybridized carbons (Fsp3) is 0.235. The van der Waals surface area contributed by atoms with E-state index < -0.39 is 0 Å². The number of benzene rings is 2. The van der Waals surface area contributed by atoms with E-state index in [0.717, 1.165) is 10.0 Å². The summed E-state index contributed by atoms with van der Waals surface area (Å²) in [6.07, 6.45) is 3.77. The molecule has 1 aliphatic carbocycles. The zero-order valence-electron chi connectivity index (χ0n) is 11.1. The van der Waals surface area contributed by atoms with Crippen molar-refractivity contribution in [2.75, 3.05) is 5.73 Å². The average Bonchev–Trinajstić information content (AvgIpc) is 2.39. The minimum absolute atomic E-state index is 0.0188. The molecule has 0 saturated heterocycles. The Morgan fingerprint density at radius 3 is 2.65 bits per heavy atom. The van der Waals surface area contributed by atoms with Gasteiger partial charge in [0.2, 0.25) is 0 Å². The highest BCUT2D eigenvalue weighted by atomic mass is 79.9. The summed E-state index contributed by atoms with van der Waals surface area (Å²) in [5.41, 5.74) is 9.02. The van der Waals surface area contributed by atoms with Gasteiger partial charge in [-0.25, -0.2) is 0 Å². The van der Waals surface area contributed by atoms with E-state index in [0.29, 0.717) is 17.2 Å². The van der Waals surface area contributed by atoms with E-state index in [2.05, 4.69) is 22.0 Å². The standard InChI is InChI=1S/C17H16BrNO/c18-16-8-7-14(19)10-15(16)17(20)13-6-2-5-12(9-13)11-3-1-4-11/h2,5-11H,1,3-4,19H2. The minimum atomic E-state index is 0.0188. The predicted molar refractivity (Wildman–Crippen MR) is 85.0 cm³/mol. The van der Waals surface area contributed by atoms with E-state index in [1.165, 1.54) is 24.8 Å². The Hall–Kier alpha value is -1.61. The zero-order chi connectivity index (χ0) is 14.1. The first-order chi connectivity index (χ1) is 9.65. The van der Waals surface area contributed by atoms with Crippen LogP contribution in [-0.4, -0.2) is 5.78 Å². The number of nitrogen functional groups attached to an aromatic ring is 1. The molecule has 2 nitrogen and oxygen atoms in total. The maximum Gasteiger partial charge on any atom is 0.194 e. The van der Waals surface area contributed by atoms with Crippen LogP contribution in [0.3, 0.4) is 0 Å². The Kier molecular flexibility index (Phi) is 3.62. The Bertz CT molecular complexity index is 662. The van der Waals surface area contributed by atoms with Crippen LogP contribution in [0.1, 0.15) is 46.7 Å². The van der Waals surface area contributed by atoms with Crippen molar-refractivity contribution in [3.8, 4) is 0 Å². The molecule has 2 aromatic carbocycles. The second kappa shape index (κ2) is 5.41. The number of hydrogen-bond acceptors (Lipinski definition) is 2. The van der Waals surface area contributed by atoms with Crippen molar-refractivity contribution < 1.29 is 4.79 Å². The lowest BCUT2D eigenvalue weighted by Crippen LogP contribution is -2.10. The average molecular weight is 330 g/mol. The van der Waals surface area contributed by atoms with Gasteiger partial charge in [0.15, 0.2) is 5.78 Å². The number of rotatable bonds is 3. The van der Waals surface area contributed by atoms with Gasteiger partial charge in [-0.2, -0.15) is 0 Å². The number of anilines is 1. The molecule has 3 heteroatoms. The van der Waals surface area contributed by atoms with Gasteiger partial charge in [-0.15, -0.1) is 0 Å². The summed E-state index contributed by atoms with van der Waals surface area (Å²) in [4.78, 5) is 12.6. The fourth-order valence-electron chi connectivity index (χ4n) is 2.55. The number of nitrogens with two attached hydrogens (primary N) is 1. The Morgan fingerprint density at radius 1 is 1.15 bits per heavy atom. The fourth-order valence-corrected chi connectivity index (χ4v) is 2.97. The van der Waals surface area contributed by atoms with Crippen molar-refractivity contribution in [1.29, 1.82) is 0 Å². The summed E-state index contributed by atoms with van der Waals surface area (Å²) >= 11 is 3.42. The Balaban J connectivity index is 1.95. The van der Waals surface area contributed by atoms with Crippen molar-refractivity contribution >= 4 is 27.4 Å². The summed E-state index contributed by atoms with van der Waals surface area (Å²) in [5, 5.41) is 0. The molecule has 0 heterocycles. The van der Waals surface area contributed by atoms with Crippen LogP contribution in [0, 0.1) is 0 Å². The van der Waals surface area contributed by atoms with Crippen LogP contribution in [0.2, 0.25) is 0 Å². The van der Waals surface area contributed by atoms with E-state index >= 15 is 0 Å². The van der Waals surface area contributed by atoms with Crippen LogP contribution in [0.25, 0.3) is 0 Å². The molecule has 3 rings (SSSR count). The lowest BCUT2D eigenvalue weighted by Gasteiger charge is -2.26. The van der Waals surface area contributed by atoms with E-state index in [4.69, 9.17) is 5.73 Å². The zero-order valence-corrected chi connectivity index (χ0v) is 12.7. The predicted octanol–water partition coefficient (Wildman–Crippen LogP) is 4.53. The maximum absolute atomic E-state index is 12.6. The molecule has 20 heavy (non-hydrogen) atoms. The quantitative estimate of drug-likeness (QED) is 0.664. The van der Waals surface area contributed by atoms with Crippen molar-refractivity contribution in [1.82, 2.24) is 0 Å². The summed E-state index contributed by atoms with van der Waals surface area (Å²) in [6, 6.07) is 13.3. The van der Waals surface area contributed by atoms with Gasteiger partial charge in [-0.3, -0.25) is 4.79 Å². The lowest BCUT2D eigenvalue weighted by atomic mass is 9.79. The van der Waals surface area contributed by atoms with Crippen LogP contribution in [0.4, 0.5) is 5.69 Å². The molecule has 0 radical (unpaired) electrons. The molecule has 2 N–H and O–H groups in total. The molecule has 1 fully saturated rings. The first-order valence-electron chi connectivity index (χ1n) is 6.85. The third-order valence-corrected chi connectivity index (χ3v) is 4.65. The van der Waals surface area contributed by atoms with E-state index in [-0.39, 0.29) is 5.78 Å². The number of carbonyl (C=O) groups is 1. The molecule has 1 aliphatic rings. The van der Waals surface area contributed by atoms with Crippen LogP contribution in [0.15, 0.2) is 46.9 Å². The second-order valence-electron chi connectivity index (χ2n) is 5.32. The monoisotopic (exact) mass is 329 g/mol. The first-order valence-corrected chi connectivity index (χ1v) is 7.64. The normalized spacial score (nSPS) is 14.8. The van der Waals surface area contributed by atoms with Crippen LogP contribution in [0.5, 0.6) is 0 Å². The summed E-state index contributed by atoms with van der Waals surface area (Å²) < 4.78 is 0.783. The van der Waals surface area contributed by atoms with Crippen molar-refractivity contribution in [2.45, 2.75) is 25.2 Å². The maximum atomic E-state index is 12.6. The topological polar surface area (TPSA) is 43.1 Å². The summed E-state index contributed by atoms with van der Waals surface area (Å²) in [6.45, 7) is 0. The van der Waals surface area contributed by atoms with Crippen LogP contribution in [-0.2, 0) is 0 Å². The van der Waals surface area contributed by atoms with Crippen molar-refractivity contribution in [3.05, 3.63) is 63.6 Å². The van der Waals surface area contributed by atoms with E-state index in [1.54, 1.807) is 12.1 Å². The highest BCUT2D eigenvalue weighted by molar-refractivity contribution is 9.10. The van der Waals surface area contributed by atoms with Crippen molar-refractivity contribution in [2.24, 2.45) is 0 Å².